The molecule has 1 aromatic carbocycles. The van der Waals surface area contributed by atoms with E-state index in [0.29, 0.717) is 0 Å². The Morgan fingerprint density at radius 1 is 0.771 bits per heavy atom. The van der Waals surface area contributed by atoms with Crippen LogP contribution in [0.1, 0.15) is 5.56 Å². The summed E-state index contributed by atoms with van der Waals surface area (Å²) in [5, 5.41) is 30.7. The maximum atomic E-state index is 10.7. The molecule has 3 rings (SSSR count). The fraction of sp³-hybridized carbons (Fsp3) is 0.739. The fourth-order valence-corrected chi connectivity index (χ4v) is 4.34. The molecule has 0 spiro atoms. The zero-order valence-electron chi connectivity index (χ0n) is 20.5. The van der Waals surface area contributed by atoms with Gasteiger partial charge in [-0.1, -0.05) is 30.3 Å². The summed E-state index contributed by atoms with van der Waals surface area (Å²) in [6, 6.07) is 9.62. The zero-order valence-corrected chi connectivity index (χ0v) is 25.2. The first-order valence-corrected chi connectivity index (χ1v) is 11.1. The van der Waals surface area contributed by atoms with Gasteiger partial charge in [0.2, 0.25) is 0 Å². The minimum Gasteiger partial charge on any atom is -0.394 e. The number of aliphatic hydroxyl groups is 3. The summed E-state index contributed by atoms with van der Waals surface area (Å²) in [6.45, 7) is -0.0692. The van der Waals surface area contributed by atoms with Crippen molar-refractivity contribution in [3.05, 3.63) is 35.9 Å². The van der Waals surface area contributed by atoms with E-state index in [9.17, 15) is 15.3 Å². The third-order valence-corrected chi connectivity index (χ3v) is 6.10. The number of hydrogen-bond acceptors (Lipinski definition) is 11. The van der Waals surface area contributed by atoms with Crippen LogP contribution in [0.4, 0.5) is 0 Å². The Labute approximate surface area is 241 Å². The number of methoxy groups -OCH3 is 4. The van der Waals surface area contributed by atoms with Crippen molar-refractivity contribution < 1.29 is 97.3 Å². The topological polar surface area (TPSA) is 135 Å². The molecule has 1 aromatic rings. The van der Waals surface area contributed by atoms with Crippen molar-refractivity contribution >= 4 is 0 Å². The molecule has 0 bridgehead atoms. The number of aliphatic hydroxyl groups excluding tert-OH is 3. The van der Waals surface area contributed by atoms with Crippen molar-refractivity contribution in [2.24, 2.45) is 0 Å². The van der Waals surface area contributed by atoms with Crippen LogP contribution in [-0.2, 0) is 44.5 Å². The molecule has 3 N–H and O–H groups in total. The molecule has 2 fully saturated rings. The Morgan fingerprint density at radius 3 is 2.00 bits per heavy atom. The van der Waals surface area contributed by atoms with Gasteiger partial charge in [-0.05, 0) is 5.56 Å². The standard InChI is InChI=1S/C23H36O11.Ac/c1-27-12-15-18(34-22-17(26)19(28-2)16(25)14(10-24)32-22)20(29-3)21(23(30-4)33-15)31-11-13-8-6-5-7-9-13;/h5-9,14-26H,10-12H2,1-4H3;/t14-,15?,16+,17?,18+,19?,20-,21?,22+,23-;/m0./s1. The summed E-state index contributed by atoms with van der Waals surface area (Å²) in [4.78, 5) is 0. The molecule has 2 aliphatic rings. The molecule has 10 atom stereocenters. The third-order valence-electron chi connectivity index (χ3n) is 6.10. The summed E-state index contributed by atoms with van der Waals surface area (Å²) in [7, 11) is 5.89. The van der Waals surface area contributed by atoms with Gasteiger partial charge in [0.25, 0.3) is 0 Å². The van der Waals surface area contributed by atoms with Gasteiger partial charge in [-0.3, -0.25) is 0 Å². The van der Waals surface area contributed by atoms with Gasteiger partial charge in [0.15, 0.2) is 12.6 Å². The predicted molar refractivity (Wildman–Crippen MR) is 117 cm³/mol. The van der Waals surface area contributed by atoms with Crippen LogP contribution in [0.15, 0.2) is 30.3 Å². The normalized spacial score (nSPS) is 37.6. The van der Waals surface area contributed by atoms with Crippen LogP contribution in [0.5, 0.6) is 0 Å². The van der Waals surface area contributed by atoms with Crippen molar-refractivity contribution in [2.45, 2.75) is 68.0 Å². The van der Waals surface area contributed by atoms with Crippen molar-refractivity contribution in [1.82, 2.24) is 0 Å². The van der Waals surface area contributed by atoms with Crippen molar-refractivity contribution in [2.75, 3.05) is 41.7 Å². The molecule has 12 heteroatoms. The van der Waals surface area contributed by atoms with E-state index < -0.39 is 68.0 Å². The summed E-state index contributed by atoms with van der Waals surface area (Å²) >= 11 is 0. The Morgan fingerprint density at radius 2 is 1.43 bits per heavy atom. The Hall–Kier alpha value is 0.222. The molecule has 2 saturated heterocycles. The molecule has 35 heavy (non-hydrogen) atoms. The molecule has 2 aliphatic heterocycles. The molecule has 0 amide bonds. The van der Waals surface area contributed by atoms with E-state index in [1.165, 1.54) is 28.4 Å². The molecule has 2 heterocycles. The van der Waals surface area contributed by atoms with Gasteiger partial charge in [0.1, 0.15) is 48.8 Å². The second kappa shape index (κ2) is 15.6. The van der Waals surface area contributed by atoms with Crippen LogP contribution in [-0.4, -0.2) is 118 Å². The summed E-state index contributed by atoms with van der Waals surface area (Å²) in [5.74, 6) is 0. The molecular weight excluding hydrogens is 679 g/mol. The number of hydrogen-bond donors (Lipinski definition) is 3. The van der Waals surface area contributed by atoms with E-state index in [-0.39, 0.29) is 57.3 Å². The van der Waals surface area contributed by atoms with Gasteiger partial charge >= 0.3 is 0 Å². The summed E-state index contributed by atoms with van der Waals surface area (Å²) in [6.07, 6.45) is -9.50. The van der Waals surface area contributed by atoms with Crippen molar-refractivity contribution in [3.63, 3.8) is 0 Å². The third kappa shape index (κ3) is 7.63. The van der Waals surface area contributed by atoms with Crippen molar-refractivity contribution in [3.8, 4) is 0 Å². The summed E-state index contributed by atoms with van der Waals surface area (Å²) in [5.41, 5.74) is 0.956. The number of rotatable bonds is 11. The van der Waals surface area contributed by atoms with Crippen molar-refractivity contribution in [1.29, 1.82) is 0 Å². The van der Waals surface area contributed by atoms with Crippen LogP contribution in [0.2, 0.25) is 0 Å². The molecule has 197 valence electrons. The van der Waals surface area contributed by atoms with Gasteiger partial charge in [-0.15, -0.1) is 0 Å². The number of ether oxygens (including phenoxy) is 8. The van der Waals surface area contributed by atoms with E-state index in [0.717, 1.165) is 5.56 Å². The average Bonchev–Trinajstić information content (AvgIpc) is 2.86. The van der Waals surface area contributed by atoms with Crippen LogP contribution >= 0.6 is 0 Å². The van der Waals surface area contributed by atoms with Crippen LogP contribution in [0.3, 0.4) is 0 Å². The molecule has 1 radical (unpaired) electrons. The quantitative estimate of drug-likeness (QED) is 0.273. The maximum absolute atomic E-state index is 10.7. The minimum atomic E-state index is -1.34. The summed E-state index contributed by atoms with van der Waals surface area (Å²) < 4.78 is 45.9. The van der Waals surface area contributed by atoms with Gasteiger partial charge in [0.05, 0.1) is 19.8 Å². The van der Waals surface area contributed by atoms with E-state index in [1.54, 1.807) is 0 Å². The van der Waals surface area contributed by atoms with Gasteiger partial charge in [0, 0.05) is 72.5 Å². The smallest absolute Gasteiger partial charge is 0.187 e. The molecule has 0 aromatic heterocycles. The first-order valence-electron chi connectivity index (χ1n) is 11.1. The zero-order chi connectivity index (χ0) is 24.7. The van der Waals surface area contributed by atoms with E-state index in [2.05, 4.69) is 0 Å². The minimum absolute atomic E-state index is 0. The van der Waals surface area contributed by atoms with Crippen LogP contribution < -0.4 is 0 Å². The van der Waals surface area contributed by atoms with Gasteiger partial charge < -0.3 is 53.2 Å². The molecule has 11 nitrogen and oxygen atoms in total. The largest absolute Gasteiger partial charge is 0.394 e. The van der Waals surface area contributed by atoms with Gasteiger partial charge in [-0.25, -0.2) is 0 Å². The maximum Gasteiger partial charge on any atom is 0.187 e. The second-order valence-corrected chi connectivity index (χ2v) is 8.20. The van der Waals surface area contributed by atoms with E-state index in [4.69, 9.17) is 37.9 Å². The monoisotopic (exact) mass is 715 g/mol. The van der Waals surface area contributed by atoms with Crippen LogP contribution in [0, 0.1) is 44.1 Å². The SMILES string of the molecule is COCC1O[C@H](OC)C(OCc2ccccc2)[C@@H](OC)[C@@H]1O[C@H]1O[C@@H](CO)[C@@H](O)C(OC)C1O.[Ac]. The number of benzene rings is 1. The van der Waals surface area contributed by atoms with E-state index in [1.807, 2.05) is 30.3 Å². The van der Waals surface area contributed by atoms with Gasteiger partial charge in [-0.2, -0.15) is 0 Å². The molecule has 0 saturated carbocycles. The average molecular weight is 716 g/mol. The predicted octanol–water partition coefficient (Wildman–Crippen LogP) is -0.556. The first kappa shape index (κ1) is 31.4. The Kier molecular flexibility index (Phi) is 14.0. The Bertz CT molecular complexity index is 714. The van der Waals surface area contributed by atoms with Crippen LogP contribution in [0.25, 0.3) is 0 Å². The Balaban J connectivity index is 0.00000432. The second-order valence-electron chi connectivity index (χ2n) is 8.20. The van der Waals surface area contributed by atoms with E-state index >= 15 is 0 Å². The molecular formula is C23H36AcO11. The molecule has 0 aliphatic carbocycles. The fourth-order valence-electron chi connectivity index (χ4n) is 4.34. The molecule has 4 unspecified atom stereocenters. The first-order chi connectivity index (χ1) is 16.5.